The van der Waals surface area contributed by atoms with Gasteiger partial charge in [0.2, 0.25) is 0 Å². The van der Waals surface area contributed by atoms with Crippen molar-refractivity contribution in [2.45, 2.75) is 51.9 Å². The van der Waals surface area contributed by atoms with Crippen molar-refractivity contribution in [1.29, 1.82) is 0 Å². The first-order valence-corrected chi connectivity index (χ1v) is 12.0. The summed E-state index contributed by atoms with van der Waals surface area (Å²) < 4.78 is 5.72. The van der Waals surface area contributed by atoms with E-state index in [-0.39, 0.29) is 11.9 Å². The van der Waals surface area contributed by atoms with Gasteiger partial charge in [-0.3, -0.25) is 9.78 Å². The van der Waals surface area contributed by atoms with Crippen LogP contribution in [0.4, 0.5) is 10.8 Å². The van der Waals surface area contributed by atoms with Gasteiger partial charge < -0.3 is 10.1 Å². The molecule has 0 radical (unpaired) electrons. The van der Waals surface area contributed by atoms with Crippen LogP contribution in [-0.4, -0.2) is 15.9 Å². The predicted octanol–water partition coefficient (Wildman–Crippen LogP) is 6.85. The number of carbonyl (C=O) groups is 1. The fourth-order valence-corrected chi connectivity index (χ4v) is 4.83. The summed E-state index contributed by atoms with van der Waals surface area (Å²) in [5, 5.41) is 6.05. The van der Waals surface area contributed by atoms with Crippen molar-refractivity contribution in [3.63, 3.8) is 0 Å². The average Bonchev–Trinajstić information content (AvgIpc) is 3.27. The number of unbranched alkanes of at least 4 members (excludes halogenated alkanes) is 1. The first-order chi connectivity index (χ1) is 15.2. The van der Waals surface area contributed by atoms with Gasteiger partial charge >= 0.3 is 5.97 Å². The molecule has 0 unspecified atom stereocenters. The molecule has 31 heavy (non-hydrogen) atoms. The molecule has 1 aromatic carbocycles. The van der Waals surface area contributed by atoms with Gasteiger partial charge in [-0.15, -0.1) is 11.3 Å². The average molecular weight is 436 g/mol. The van der Waals surface area contributed by atoms with Crippen LogP contribution in [0.3, 0.4) is 0 Å². The summed E-state index contributed by atoms with van der Waals surface area (Å²) in [4.78, 5) is 21.6. The number of pyridine rings is 1. The van der Waals surface area contributed by atoms with Gasteiger partial charge in [0.05, 0.1) is 11.6 Å². The minimum absolute atomic E-state index is 0.0226. The predicted molar refractivity (Wildman–Crippen MR) is 126 cm³/mol. The number of ether oxygens (including phenoxy) is 1. The SMILES string of the molecule is CCCCC1CCC(C(=O)Oc2cccc(Nc3nc(-c4ccccn4)cs3)c2)CC1. The lowest BCUT2D eigenvalue weighted by Gasteiger charge is -2.27. The maximum atomic E-state index is 12.7. The van der Waals surface area contributed by atoms with E-state index in [0.717, 1.165) is 53.8 Å². The van der Waals surface area contributed by atoms with E-state index in [0.29, 0.717) is 5.75 Å². The van der Waals surface area contributed by atoms with Crippen LogP contribution in [0.15, 0.2) is 54.0 Å². The zero-order valence-corrected chi connectivity index (χ0v) is 18.7. The van der Waals surface area contributed by atoms with Crippen molar-refractivity contribution in [2.75, 3.05) is 5.32 Å². The molecule has 0 bridgehead atoms. The van der Waals surface area contributed by atoms with E-state index in [1.54, 1.807) is 6.20 Å². The van der Waals surface area contributed by atoms with E-state index in [4.69, 9.17) is 4.74 Å². The Bertz CT molecular complexity index is 981. The number of rotatable bonds is 8. The summed E-state index contributed by atoms with van der Waals surface area (Å²) in [6, 6.07) is 13.3. The van der Waals surface area contributed by atoms with Crippen molar-refractivity contribution in [2.24, 2.45) is 11.8 Å². The molecule has 162 valence electrons. The molecule has 1 aliphatic carbocycles. The number of benzene rings is 1. The van der Waals surface area contributed by atoms with Crippen LogP contribution >= 0.6 is 11.3 Å². The third-order valence-corrected chi connectivity index (χ3v) is 6.64. The number of hydrogen-bond acceptors (Lipinski definition) is 6. The van der Waals surface area contributed by atoms with Gasteiger partial charge in [-0.1, -0.05) is 38.3 Å². The standard InChI is InChI=1S/C25H29N3O2S/c1-2-3-7-18-11-13-19(14-12-18)24(29)30-21-9-6-8-20(16-21)27-25-28-23(17-31-25)22-10-4-5-15-26-22/h4-6,8-10,15-19H,2-3,7,11-14H2,1H3,(H,27,28). The number of carbonyl (C=O) groups excluding carboxylic acids is 1. The topological polar surface area (TPSA) is 64.1 Å². The Hall–Kier alpha value is -2.73. The van der Waals surface area contributed by atoms with Crippen LogP contribution in [-0.2, 0) is 4.79 Å². The molecular weight excluding hydrogens is 406 g/mol. The summed E-state index contributed by atoms with van der Waals surface area (Å²) in [5.41, 5.74) is 2.53. The normalized spacial score (nSPS) is 18.5. The lowest BCUT2D eigenvalue weighted by atomic mass is 9.80. The van der Waals surface area contributed by atoms with E-state index in [9.17, 15) is 4.79 Å². The molecule has 2 heterocycles. The summed E-state index contributed by atoms with van der Waals surface area (Å²) in [7, 11) is 0. The summed E-state index contributed by atoms with van der Waals surface area (Å²) in [6.07, 6.45) is 9.77. The fraction of sp³-hybridized carbons (Fsp3) is 0.400. The molecule has 2 aromatic heterocycles. The monoisotopic (exact) mass is 435 g/mol. The molecule has 1 N–H and O–H groups in total. The summed E-state index contributed by atoms with van der Waals surface area (Å²) in [6.45, 7) is 2.24. The number of anilines is 2. The van der Waals surface area contributed by atoms with Crippen molar-refractivity contribution < 1.29 is 9.53 Å². The third-order valence-electron chi connectivity index (χ3n) is 5.88. The van der Waals surface area contributed by atoms with Crippen LogP contribution < -0.4 is 10.1 Å². The molecule has 3 aromatic rings. The van der Waals surface area contributed by atoms with E-state index in [1.165, 1.54) is 30.6 Å². The Morgan fingerprint density at radius 1 is 1.13 bits per heavy atom. The van der Waals surface area contributed by atoms with Crippen LogP contribution in [0, 0.1) is 11.8 Å². The molecule has 1 aliphatic rings. The second-order valence-electron chi connectivity index (χ2n) is 8.19. The van der Waals surface area contributed by atoms with Crippen LogP contribution in [0.25, 0.3) is 11.4 Å². The van der Waals surface area contributed by atoms with Gasteiger partial charge in [0.15, 0.2) is 5.13 Å². The number of aromatic nitrogens is 2. The van der Waals surface area contributed by atoms with Crippen molar-refractivity contribution >= 4 is 28.1 Å². The summed E-state index contributed by atoms with van der Waals surface area (Å²) in [5.74, 6) is 1.28. The highest BCUT2D eigenvalue weighted by molar-refractivity contribution is 7.14. The Morgan fingerprint density at radius 3 is 2.77 bits per heavy atom. The van der Waals surface area contributed by atoms with Gasteiger partial charge in [0, 0.05) is 23.3 Å². The molecule has 0 aliphatic heterocycles. The molecule has 1 fully saturated rings. The smallest absolute Gasteiger partial charge is 0.314 e. The molecule has 0 spiro atoms. The van der Waals surface area contributed by atoms with Crippen LogP contribution in [0.1, 0.15) is 51.9 Å². The highest BCUT2D eigenvalue weighted by Gasteiger charge is 2.27. The van der Waals surface area contributed by atoms with Gasteiger partial charge in [-0.2, -0.15) is 0 Å². The van der Waals surface area contributed by atoms with E-state index in [2.05, 4.69) is 22.2 Å². The van der Waals surface area contributed by atoms with E-state index < -0.39 is 0 Å². The van der Waals surface area contributed by atoms with Crippen molar-refractivity contribution in [3.05, 3.63) is 54.0 Å². The zero-order valence-electron chi connectivity index (χ0n) is 17.9. The maximum absolute atomic E-state index is 12.7. The molecule has 5 nitrogen and oxygen atoms in total. The zero-order chi connectivity index (χ0) is 21.5. The molecular formula is C25H29N3O2S. The second kappa shape index (κ2) is 10.5. The molecule has 1 saturated carbocycles. The fourth-order valence-electron chi connectivity index (χ4n) is 4.10. The minimum Gasteiger partial charge on any atom is -0.426 e. The number of nitrogens with zero attached hydrogens (tertiary/aromatic N) is 2. The molecule has 6 heteroatoms. The van der Waals surface area contributed by atoms with E-state index >= 15 is 0 Å². The molecule has 0 atom stereocenters. The maximum Gasteiger partial charge on any atom is 0.314 e. The number of hydrogen-bond donors (Lipinski definition) is 1. The number of thiazole rings is 1. The Morgan fingerprint density at radius 2 is 2.00 bits per heavy atom. The third kappa shape index (κ3) is 5.91. The van der Waals surface area contributed by atoms with Gasteiger partial charge in [0.1, 0.15) is 11.4 Å². The van der Waals surface area contributed by atoms with Gasteiger partial charge in [0.25, 0.3) is 0 Å². The van der Waals surface area contributed by atoms with Gasteiger partial charge in [-0.25, -0.2) is 4.98 Å². The molecule has 4 rings (SSSR count). The number of esters is 1. The Kier molecular flexibility index (Phi) is 7.30. The van der Waals surface area contributed by atoms with Crippen molar-refractivity contribution in [1.82, 2.24) is 9.97 Å². The van der Waals surface area contributed by atoms with Crippen LogP contribution in [0.2, 0.25) is 0 Å². The Balaban J connectivity index is 1.33. The highest BCUT2D eigenvalue weighted by atomic mass is 32.1. The van der Waals surface area contributed by atoms with E-state index in [1.807, 2.05) is 47.8 Å². The molecule has 0 amide bonds. The highest BCUT2D eigenvalue weighted by Crippen LogP contribution is 2.33. The largest absolute Gasteiger partial charge is 0.426 e. The quantitative estimate of drug-likeness (QED) is 0.310. The minimum atomic E-state index is -0.0993. The first kappa shape index (κ1) is 21.5. The number of nitrogens with one attached hydrogen (secondary N) is 1. The van der Waals surface area contributed by atoms with Crippen LogP contribution in [0.5, 0.6) is 5.75 Å². The lowest BCUT2D eigenvalue weighted by molar-refractivity contribution is -0.140. The molecule has 0 saturated heterocycles. The van der Waals surface area contributed by atoms with Gasteiger partial charge in [-0.05, 0) is 55.9 Å². The summed E-state index contributed by atoms with van der Waals surface area (Å²) >= 11 is 1.52. The lowest BCUT2D eigenvalue weighted by Crippen LogP contribution is -2.25. The first-order valence-electron chi connectivity index (χ1n) is 11.2. The second-order valence-corrected chi connectivity index (χ2v) is 9.04. The van der Waals surface area contributed by atoms with Crippen molar-refractivity contribution in [3.8, 4) is 17.1 Å². The Labute approximate surface area is 187 Å².